The summed E-state index contributed by atoms with van der Waals surface area (Å²) >= 11 is 0. The first-order valence-electron chi connectivity index (χ1n) is 5.14. The summed E-state index contributed by atoms with van der Waals surface area (Å²) in [6, 6.07) is -0.821. The first kappa shape index (κ1) is 12.8. The predicted octanol–water partition coefficient (Wildman–Crippen LogP) is -2.83. The van der Waals surface area contributed by atoms with Crippen LogP contribution in [0.2, 0.25) is 0 Å². The Kier molecular flexibility index (Phi) is 4.45. The van der Waals surface area contributed by atoms with Crippen molar-refractivity contribution in [1.29, 1.82) is 0 Å². The largest absolute Gasteiger partial charge is 0.389 e. The standard InChI is InChI=1S/C9H19NO5/c1-2-3-10-4-5(11)7(13)9(15)8(14)6(4)12/h4-15H,2-3H2,1H3. The molecule has 0 aromatic carbocycles. The third kappa shape index (κ3) is 2.47. The Bertz CT molecular complexity index is 187. The smallest absolute Gasteiger partial charge is 0.111 e. The highest BCUT2D eigenvalue weighted by Crippen LogP contribution is 2.21. The van der Waals surface area contributed by atoms with Crippen molar-refractivity contribution in [1.82, 2.24) is 5.32 Å². The lowest BCUT2D eigenvalue weighted by Gasteiger charge is -2.42. The molecule has 6 N–H and O–H groups in total. The molecular formula is C9H19NO5. The third-order valence-corrected chi connectivity index (χ3v) is 2.77. The van der Waals surface area contributed by atoms with Crippen molar-refractivity contribution >= 4 is 0 Å². The molecule has 6 nitrogen and oxygen atoms in total. The fourth-order valence-corrected chi connectivity index (χ4v) is 1.79. The number of hydrogen-bond donors (Lipinski definition) is 6. The van der Waals surface area contributed by atoms with E-state index >= 15 is 0 Å². The highest BCUT2D eigenvalue weighted by atomic mass is 16.4. The minimum atomic E-state index is -1.52. The molecule has 0 radical (unpaired) electrons. The molecule has 90 valence electrons. The van der Waals surface area contributed by atoms with Gasteiger partial charge in [-0.2, -0.15) is 0 Å². The zero-order valence-electron chi connectivity index (χ0n) is 8.61. The van der Waals surface area contributed by atoms with Crippen LogP contribution in [0.3, 0.4) is 0 Å². The van der Waals surface area contributed by atoms with Gasteiger partial charge in [0, 0.05) is 0 Å². The fraction of sp³-hybridized carbons (Fsp3) is 1.00. The molecule has 0 saturated heterocycles. The third-order valence-electron chi connectivity index (χ3n) is 2.77. The monoisotopic (exact) mass is 221 g/mol. The van der Waals surface area contributed by atoms with E-state index in [-0.39, 0.29) is 0 Å². The first-order valence-corrected chi connectivity index (χ1v) is 5.14. The molecule has 4 unspecified atom stereocenters. The molecule has 1 aliphatic rings. The van der Waals surface area contributed by atoms with E-state index in [0.717, 1.165) is 6.42 Å². The molecule has 0 aromatic heterocycles. The Balaban J connectivity index is 2.68. The molecule has 6 heteroatoms. The van der Waals surface area contributed by atoms with E-state index in [2.05, 4.69) is 5.32 Å². The summed E-state index contributed by atoms with van der Waals surface area (Å²) in [5.74, 6) is 0. The van der Waals surface area contributed by atoms with Gasteiger partial charge in [-0.1, -0.05) is 6.92 Å². The van der Waals surface area contributed by atoms with Gasteiger partial charge in [0.2, 0.25) is 0 Å². The molecule has 0 spiro atoms. The molecule has 15 heavy (non-hydrogen) atoms. The van der Waals surface area contributed by atoms with Gasteiger partial charge >= 0.3 is 0 Å². The van der Waals surface area contributed by atoms with Crippen LogP contribution in [0.5, 0.6) is 0 Å². The van der Waals surface area contributed by atoms with Gasteiger partial charge in [0.25, 0.3) is 0 Å². The minimum Gasteiger partial charge on any atom is -0.389 e. The second-order valence-electron chi connectivity index (χ2n) is 3.93. The number of aliphatic hydroxyl groups is 5. The Labute approximate surface area is 88.2 Å². The predicted molar refractivity (Wildman–Crippen MR) is 52.1 cm³/mol. The van der Waals surface area contributed by atoms with Crippen molar-refractivity contribution in [2.24, 2.45) is 0 Å². The second-order valence-corrected chi connectivity index (χ2v) is 3.93. The van der Waals surface area contributed by atoms with E-state index in [1.54, 1.807) is 0 Å². The molecule has 1 rings (SSSR count). The van der Waals surface area contributed by atoms with Crippen LogP contribution in [0.1, 0.15) is 13.3 Å². The summed E-state index contributed by atoms with van der Waals surface area (Å²) in [5, 5.41) is 50.0. The van der Waals surface area contributed by atoms with Gasteiger partial charge in [-0.15, -0.1) is 0 Å². The van der Waals surface area contributed by atoms with E-state index in [4.69, 9.17) is 0 Å². The number of rotatable bonds is 3. The molecule has 0 bridgehead atoms. The quantitative estimate of drug-likeness (QED) is 0.306. The Morgan fingerprint density at radius 2 is 1.20 bits per heavy atom. The van der Waals surface area contributed by atoms with Crippen molar-refractivity contribution < 1.29 is 25.5 Å². The van der Waals surface area contributed by atoms with Crippen molar-refractivity contribution in [3.8, 4) is 0 Å². The van der Waals surface area contributed by atoms with E-state index in [1.807, 2.05) is 6.92 Å². The Hall–Kier alpha value is -0.240. The van der Waals surface area contributed by atoms with Gasteiger partial charge in [0.15, 0.2) is 0 Å². The highest BCUT2D eigenvalue weighted by Gasteiger charge is 2.47. The molecule has 0 amide bonds. The molecule has 0 aromatic rings. The average molecular weight is 221 g/mol. The topological polar surface area (TPSA) is 113 Å². The number of aliphatic hydroxyl groups excluding tert-OH is 5. The molecule has 4 atom stereocenters. The van der Waals surface area contributed by atoms with E-state index in [0.29, 0.717) is 6.54 Å². The van der Waals surface area contributed by atoms with Crippen molar-refractivity contribution in [3.05, 3.63) is 0 Å². The van der Waals surface area contributed by atoms with E-state index in [9.17, 15) is 25.5 Å². The summed E-state index contributed by atoms with van der Waals surface area (Å²) in [6.45, 7) is 2.46. The van der Waals surface area contributed by atoms with Crippen LogP contribution in [-0.4, -0.2) is 68.6 Å². The minimum absolute atomic E-state index is 0.550. The molecule has 0 heterocycles. The van der Waals surface area contributed by atoms with Gasteiger partial charge in [0.1, 0.15) is 30.5 Å². The van der Waals surface area contributed by atoms with Gasteiger partial charge in [-0.05, 0) is 13.0 Å². The van der Waals surface area contributed by atoms with Gasteiger partial charge < -0.3 is 30.8 Å². The summed E-state index contributed by atoms with van der Waals surface area (Å²) in [5.41, 5.74) is 0. The second kappa shape index (κ2) is 5.20. The Morgan fingerprint density at radius 3 is 1.60 bits per heavy atom. The molecule has 1 saturated carbocycles. The van der Waals surface area contributed by atoms with E-state index in [1.165, 1.54) is 0 Å². The lowest BCUT2D eigenvalue weighted by atomic mass is 9.83. The highest BCUT2D eigenvalue weighted by molar-refractivity contribution is 5.01. The lowest BCUT2D eigenvalue weighted by molar-refractivity contribution is -0.190. The van der Waals surface area contributed by atoms with E-state index < -0.39 is 36.6 Å². The van der Waals surface area contributed by atoms with Crippen LogP contribution in [0.4, 0.5) is 0 Å². The normalized spacial score (nSPS) is 46.8. The molecular weight excluding hydrogens is 202 g/mol. The van der Waals surface area contributed by atoms with Crippen LogP contribution in [0, 0.1) is 0 Å². The maximum atomic E-state index is 9.58. The maximum absolute atomic E-state index is 9.58. The summed E-state index contributed by atoms with van der Waals surface area (Å²) in [4.78, 5) is 0. The van der Waals surface area contributed by atoms with Crippen molar-refractivity contribution in [2.45, 2.75) is 49.9 Å². The van der Waals surface area contributed by atoms with Crippen LogP contribution in [-0.2, 0) is 0 Å². The van der Waals surface area contributed by atoms with Gasteiger partial charge in [-0.3, -0.25) is 0 Å². The van der Waals surface area contributed by atoms with Crippen LogP contribution in [0.15, 0.2) is 0 Å². The molecule has 1 aliphatic carbocycles. The number of nitrogens with one attached hydrogen (secondary N) is 1. The average Bonchev–Trinajstić information content (AvgIpc) is 2.24. The maximum Gasteiger partial charge on any atom is 0.111 e. The Morgan fingerprint density at radius 1 is 0.800 bits per heavy atom. The fourth-order valence-electron chi connectivity index (χ4n) is 1.79. The van der Waals surface area contributed by atoms with Crippen molar-refractivity contribution in [2.75, 3.05) is 6.54 Å². The van der Waals surface area contributed by atoms with Crippen LogP contribution < -0.4 is 5.32 Å². The van der Waals surface area contributed by atoms with Crippen molar-refractivity contribution in [3.63, 3.8) is 0 Å². The zero-order chi connectivity index (χ0) is 11.6. The molecule has 0 aliphatic heterocycles. The lowest BCUT2D eigenvalue weighted by Crippen LogP contribution is -2.67. The van der Waals surface area contributed by atoms with Gasteiger partial charge in [0.05, 0.1) is 6.04 Å². The SMILES string of the molecule is CCCNC1C(O)C(O)C(O)C(O)C1O. The molecule has 1 fully saturated rings. The first-order chi connectivity index (χ1) is 7.00. The summed E-state index contributed by atoms with van der Waals surface area (Å²) < 4.78 is 0. The van der Waals surface area contributed by atoms with Crippen LogP contribution >= 0.6 is 0 Å². The summed E-state index contributed by atoms with van der Waals surface area (Å²) in [6.07, 6.45) is -6.19. The van der Waals surface area contributed by atoms with Crippen LogP contribution in [0.25, 0.3) is 0 Å². The number of hydrogen-bond acceptors (Lipinski definition) is 6. The summed E-state index contributed by atoms with van der Waals surface area (Å²) in [7, 11) is 0. The zero-order valence-corrected chi connectivity index (χ0v) is 8.61. The van der Waals surface area contributed by atoms with Gasteiger partial charge in [-0.25, -0.2) is 0 Å².